The number of nitrogens with zero attached hydrogens (tertiary/aromatic N) is 1. The Bertz CT molecular complexity index is 504. The molecule has 6 heteroatoms. The summed E-state index contributed by atoms with van der Waals surface area (Å²) in [6, 6.07) is 5.40. The van der Waals surface area contributed by atoms with Crippen LogP contribution in [0.2, 0.25) is 0 Å². The second-order valence-electron chi connectivity index (χ2n) is 5.68. The second-order valence-corrected chi connectivity index (χ2v) is 7.52. The van der Waals surface area contributed by atoms with Crippen molar-refractivity contribution in [3.05, 3.63) is 30.1 Å². The molecule has 2 N–H and O–H groups in total. The minimum Gasteiger partial charge on any atom is -0.389 e. The molecule has 0 aliphatic heterocycles. The fourth-order valence-electron chi connectivity index (χ4n) is 1.35. The van der Waals surface area contributed by atoms with E-state index in [1.54, 1.807) is 46.0 Å². The van der Waals surface area contributed by atoms with Gasteiger partial charge in [-0.05, 0) is 39.8 Å². The lowest BCUT2D eigenvalue weighted by Crippen LogP contribution is -2.58. The van der Waals surface area contributed by atoms with E-state index in [9.17, 15) is 13.5 Å². The van der Waals surface area contributed by atoms with Gasteiger partial charge in [0.1, 0.15) is 0 Å². The lowest BCUT2D eigenvalue weighted by atomic mass is 9.87. The highest BCUT2D eigenvalue weighted by Gasteiger charge is 2.38. The van der Waals surface area contributed by atoms with Gasteiger partial charge in [0.25, 0.3) is 0 Å². The van der Waals surface area contributed by atoms with Crippen LogP contribution in [0.3, 0.4) is 0 Å². The van der Waals surface area contributed by atoms with Crippen molar-refractivity contribution in [2.45, 2.75) is 45.3 Å². The molecule has 0 radical (unpaired) electrons. The quantitative estimate of drug-likeness (QED) is 0.820. The van der Waals surface area contributed by atoms with Gasteiger partial charge in [-0.2, -0.15) is 0 Å². The van der Waals surface area contributed by atoms with Crippen molar-refractivity contribution in [3.63, 3.8) is 0 Å². The Labute approximate surface area is 115 Å². The van der Waals surface area contributed by atoms with Crippen LogP contribution in [-0.2, 0) is 16.4 Å². The highest BCUT2D eigenvalue weighted by Crippen LogP contribution is 2.21. The largest absolute Gasteiger partial charge is 0.389 e. The monoisotopic (exact) mass is 286 g/mol. The van der Waals surface area contributed by atoms with Crippen LogP contribution in [0.1, 0.15) is 33.4 Å². The number of aromatic nitrogens is 1. The minimum absolute atomic E-state index is 0.0521. The summed E-state index contributed by atoms with van der Waals surface area (Å²) in [4.78, 5) is 4.09. The lowest BCUT2D eigenvalue weighted by Gasteiger charge is -2.37. The molecule has 1 rings (SSSR count). The van der Waals surface area contributed by atoms with Crippen LogP contribution < -0.4 is 4.72 Å². The van der Waals surface area contributed by atoms with Gasteiger partial charge in [0.2, 0.25) is 10.0 Å². The molecule has 0 saturated heterocycles. The number of aliphatic hydroxyl groups is 1. The molecular weight excluding hydrogens is 264 g/mol. The zero-order chi connectivity index (χ0) is 14.7. The van der Waals surface area contributed by atoms with E-state index in [2.05, 4.69) is 9.71 Å². The molecule has 1 aromatic rings. The summed E-state index contributed by atoms with van der Waals surface area (Å²) in [6.45, 7) is 6.47. The Balaban J connectivity index is 2.68. The maximum absolute atomic E-state index is 12.0. The number of hydrogen-bond donors (Lipinski definition) is 2. The summed E-state index contributed by atoms with van der Waals surface area (Å²) in [5, 5.41) is 9.95. The molecule has 0 bridgehead atoms. The first-order valence-electron chi connectivity index (χ1n) is 6.17. The number of sulfonamides is 1. The van der Waals surface area contributed by atoms with Gasteiger partial charge in [0.15, 0.2) is 0 Å². The van der Waals surface area contributed by atoms with Gasteiger partial charge < -0.3 is 5.11 Å². The smallest absolute Gasteiger partial charge is 0.212 e. The molecule has 0 aromatic carbocycles. The third kappa shape index (κ3) is 4.89. The van der Waals surface area contributed by atoms with Crippen LogP contribution in [0.15, 0.2) is 24.4 Å². The van der Waals surface area contributed by atoms with Crippen molar-refractivity contribution in [3.8, 4) is 0 Å². The molecule has 0 saturated carbocycles. The lowest BCUT2D eigenvalue weighted by molar-refractivity contribution is 0.00639. The normalized spacial score (nSPS) is 13.5. The molecule has 0 aliphatic rings. The van der Waals surface area contributed by atoms with E-state index in [1.165, 1.54) is 0 Å². The molecule has 19 heavy (non-hydrogen) atoms. The molecule has 0 fully saturated rings. The van der Waals surface area contributed by atoms with Crippen molar-refractivity contribution in [1.82, 2.24) is 9.71 Å². The predicted molar refractivity (Wildman–Crippen MR) is 75.2 cm³/mol. The highest BCUT2D eigenvalue weighted by atomic mass is 32.2. The van der Waals surface area contributed by atoms with E-state index in [0.717, 1.165) is 5.69 Å². The van der Waals surface area contributed by atoms with Crippen LogP contribution in [0, 0.1) is 0 Å². The van der Waals surface area contributed by atoms with Gasteiger partial charge in [0.05, 0.1) is 16.9 Å². The average molecular weight is 286 g/mol. The van der Waals surface area contributed by atoms with Gasteiger partial charge >= 0.3 is 0 Å². The molecule has 1 heterocycles. The summed E-state index contributed by atoms with van der Waals surface area (Å²) >= 11 is 0. The fourth-order valence-corrected chi connectivity index (χ4v) is 2.96. The van der Waals surface area contributed by atoms with Gasteiger partial charge in [0, 0.05) is 18.3 Å². The van der Waals surface area contributed by atoms with E-state index in [1.807, 2.05) is 6.07 Å². The first kappa shape index (κ1) is 16.1. The standard InChI is InChI=1S/C13H22N2O3S/c1-12(2,13(3,4)16)15-19(17,18)10-8-11-7-5-6-9-14-11/h5-7,9,15-16H,8,10H2,1-4H3. The van der Waals surface area contributed by atoms with Crippen LogP contribution in [0.25, 0.3) is 0 Å². The maximum atomic E-state index is 12.0. The summed E-state index contributed by atoms with van der Waals surface area (Å²) in [5.74, 6) is -0.0521. The van der Waals surface area contributed by atoms with Crippen molar-refractivity contribution < 1.29 is 13.5 Å². The first-order chi connectivity index (χ1) is 8.54. The molecule has 5 nitrogen and oxygen atoms in total. The molecule has 0 unspecified atom stereocenters. The predicted octanol–water partition coefficient (Wildman–Crippen LogP) is 1.09. The Kier molecular flexibility index (Phi) is 4.71. The van der Waals surface area contributed by atoms with Gasteiger partial charge in [-0.3, -0.25) is 4.98 Å². The Morgan fingerprint density at radius 3 is 2.37 bits per heavy atom. The fraction of sp³-hybridized carbons (Fsp3) is 0.615. The van der Waals surface area contributed by atoms with Crippen molar-refractivity contribution in [1.29, 1.82) is 0 Å². The average Bonchev–Trinajstić information content (AvgIpc) is 2.25. The van der Waals surface area contributed by atoms with Gasteiger partial charge in [-0.15, -0.1) is 0 Å². The molecule has 0 aliphatic carbocycles. The number of rotatable bonds is 6. The third-order valence-corrected chi connectivity index (χ3v) is 4.86. The van der Waals surface area contributed by atoms with Crippen molar-refractivity contribution in [2.75, 3.05) is 5.75 Å². The summed E-state index contributed by atoms with van der Waals surface area (Å²) in [5.41, 5.74) is -1.35. The van der Waals surface area contributed by atoms with Crippen molar-refractivity contribution in [2.24, 2.45) is 0 Å². The molecule has 0 atom stereocenters. The molecule has 108 valence electrons. The number of aryl methyl sites for hydroxylation is 1. The molecule has 1 aromatic heterocycles. The third-order valence-electron chi connectivity index (χ3n) is 3.29. The summed E-state index contributed by atoms with van der Waals surface area (Å²) in [6.07, 6.45) is 1.98. The maximum Gasteiger partial charge on any atom is 0.212 e. The Morgan fingerprint density at radius 2 is 1.89 bits per heavy atom. The van der Waals surface area contributed by atoms with Crippen LogP contribution in [0.4, 0.5) is 0 Å². The summed E-state index contributed by atoms with van der Waals surface area (Å²) < 4.78 is 26.6. The van der Waals surface area contributed by atoms with E-state index < -0.39 is 21.2 Å². The van der Waals surface area contributed by atoms with Crippen LogP contribution >= 0.6 is 0 Å². The van der Waals surface area contributed by atoms with Crippen LogP contribution in [-0.4, -0.2) is 35.4 Å². The second kappa shape index (κ2) is 5.56. The number of pyridine rings is 1. The minimum atomic E-state index is -3.47. The van der Waals surface area contributed by atoms with E-state index >= 15 is 0 Å². The topological polar surface area (TPSA) is 79.3 Å². The van der Waals surface area contributed by atoms with Gasteiger partial charge in [-0.1, -0.05) is 6.07 Å². The SMILES string of the molecule is CC(C)(O)C(C)(C)NS(=O)(=O)CCc1ccccn1. The van der Waals surface area contributed by atoms with E-state index in [0.29, 0.717) is 6.42 Å². The Hall–Kier alpha value is -0.980. The summed E-state index contributed by atoms with van der Waals surface area (Å²) in [7, 11) is -3.47. The highest BCUT2D eigenvalue weighted by molar-refractivity contribution is 7.89. The number of nitrogens with one attached hydrogen (secondary N) is 1. The van der Waals surface area contributed by atoms with E-state index in [-0.39, 0.29) is 5.75 Å². The van der Waals surface area contributed by atoms with Gasteiger partial charge in [-0.25, -0.2) is 13.1 Å². The van der Waals surface area contributed by atoms with E-state index in [4.69, 9.17) is 0 Å². The molecular formula is C13H22N2O3S. The number of hydrogen-bond acceptors (Lipinski definition) is 4. The molecule has 0 spiro atoms. The molecule has 0 amide bonds. The zero-order valence-electron chi connectivity index (χ0n) is 11.8. The Morgan fingerprint density at radius 1 is 1.26 bits per heavy atom. The van der Waals surface area contributed by atoms with Crippen molar-refractivity contribution >= 4 is 10.0 Å². The first-order valence-corrected chi connectivity index (χ1v) is 7.83. The zero-order valence-corrected chi connectivity index (χ0v) is 12.7. The van der Waals surface area contributed by atoms with Crippen LogP contribution in [0.5, 0.6) is 0 Å².